The molecule has 2 N–H and O–H groups in total. The summed E-state index contributed by atoms with van der Waals surface area (Å²) in [5, 5.41) is 3.40. The molecule has 2 rings (SSSR count). The van der Waals surface area contributed by atoms with Crippen molar-refractivity contribution in [1.82, 2.24) is 10.0 Å². The molecule has 0 aromatic carbocycles. The van der Waals surface area contributed by atoms with Crippen molar-refractivity contribution < 1.29 is 8.42 Å². The molecule has 100 valence electrons. The van der Waals surface area contributed by atoms with Gasteiger partial charge in [-0.1, -0.05) is 6.42 Å². The Kier molecular flexibility index (Phi) is 5.14. The molecular formula is C11H22N2O2S2. The Morgan fingerprint density at radius 1 is 1.24 bits per heavy atom. The molecule has 17 heavy (non-hydrogen) atoms. The fourth-order valence-corrected chi connectivity index (χ4v) is 5.21. The SMILES string of the molecule is O=S(=O)(NCC1CCCCS1)C1CCCNC1. The van der Waals surface area contributed by atoms with Crippen LogP contribution in [0.25, 0.3) is 0 Å². The maximum Gasteiger partial charge on any atom is 0.215 e. The summed E-state index contributed by atoms with van der Waals surface area (Å²) >= 11 is 1.91. The number of hydrogen-bond donors (Lipinski definition) is 2. The summed E-state index contributed by atoms with van der Waals surface area (Å²) in [4.78, 5) is 0. The summed E-state index contributed by atoms with van der Waals surface area (Å²) in [6.45, 7) is 2.17. The Morgan fingerprint density at radius 3 is 2.76 bits per heavy atom. The molecule has 0 aliphatic carbocycles. The summed E-state index contributed by atoms with van der Waals surface area (Å²) in [5.41, 5.74) is 0. The average Bonchev–Trinajstić information content (AvgIpc) is 2.39. The minimum atomic E-state index is -3.11. The van der Waals surface area contributed by atoms with Crippen molar-refractivity contribution in [3.63, 3.8) is 0 Å². The number of piperidine rings is 1. The Bertz CT molecular complexity index is 320. The minimum Gasteiger partial charge on any atom is -0.315 e. The fraction of sp³-hybridized carbons (Fsp3) is 1.00. The van der Waals surface area contributed by atoms with Crippen LogP contribution in [0.4, 0.5) is 0 Å². The second-order valence-corrected chi connectivity index (χ2v) is 8.30. The Balaban J connectivity index is 1.79. The van der Waals surface area contributed by atoms with Crippen LogP contribution in [0.15, 0.2) is 0 Å². The van der Waals surface area contributed by atoms with E-state index in [1.807, 2.05) is 11.8 Å². The van der Waals surface area contributed by atoms with Gasteiger partial charge in [0.05, 0.1) is 5.25 Å². The molecule has 2 unspecified atom stereocenters. The van der Waals surface area contributed by atoms with E-state index in [1.54, 1.807) is 0 Å². The van der Waals surface area contributed by atoms with E-state index in [4.69, 9.17) is 0 Å². The van der Waals surface area contributed by atoms with Gasteiger partial charge in [0.2, 0.25) is 10.0 Å². The molecule has 0 aromatic heterocycles. The molecule has 2 saturated heterocycles. The molecule has 0 spiro atoms. The number of rotatable bonds is 4. The third-order valence-electron chi connectivity index (χ3n) is 3.48. The predicted molar refractivity (Wildman–Crippen MR) is 72.9 cm³/mol. The number of thioether (sulfide) groups is 1. The molecule has 0 amide bonds. The minimum absolute atomic E-state index is 0.232. The normalized spacial score (nSPS) is 31.3. The summed E-state index contributed by atoms with van der Waals surface area (Å²) in [6, 6.07) is 0. The van der Waals surface area contributed by atoms with Crippen molar-refractivity contribution in [2.75, 3.05) is 25.4 Å². The van der Waals surface area contributed by atoms with Crippen LogP contribution in [-0.2, 0) is 10.0 Å². The number of nitrogens with one attached hydrogen (secondary N) is 2. The van der Waals surface area contributed by atoms with Crippen LogP contribution in [-0.4, -0.2) is 44.3 Å². The molecule has 0 bridgehead atoms. The first-order valence-corrected chi connectivity index (χ1v) is 9.09. The van der Waals surface area contributed by atoms with Crippen LogP contribution < -0.4 is 10.0 Å². The monoisotopic (exact) mass is 278 g/mol. The van der Waals surface area contributed by atoms with E-state index < -0.39 is 10.0 Å². The van der Waals surface area contributed by atoms with Gasteiger partial charge in [0.1, 0.15) is 0 Å². The standard InChI is InChI=1S/C11H22N2O2S2/c14-17(15,11-5-3-6-12-9-11)13-8-10-4-1-2-7-16-10/h10-13H,1-9H2. The number of hydrogen-bond acceptors (Lipinski definition) is 4. The van der Waals surface area contributed by atoms with Gasteiger partial charge in [-0.05, 0) is 38.0 Å². The summed E-state index contributed by atoms with van der Waals surface area (Å²) in [5.74, 6) is 1.18. The second kappa shape index (κ2) is 6.41. The quantitative estimate of drug-likeness (QED) is 0.804. The van der Waals surface area contributed by atoms with Crippen LogP contribution in [0.3, 0.4) is 0 Å². The van der Waals surface area contributed by atoms with E-state index >= 15 is 0 Å². The van der Waals surface area contributed by atoms with Crippen molar-refractivity contribution >= 4 is 21.8 Å². The van der Waals surface area contributed by atoms with Crippen molar-refractivity contribution in [2.45, 2.75) is 42.6 Å². The van der Waals surface area contributed by atoms with Gasteiger partial charge in [-0.25, -0.2) is 13.1 Å². The van der Waals surface area contributed by atoms with E-state index in [0.717, 1.165) is 25.8 Å². The van der Waals surface area contributed by atoms with Gasteiger partial charge < -0.3 is 5.32 Å². The Morgan fingerprint density at radius 2 is 2.12 bits per heavy atom. The van der Waals surface area contributed by atoms with Gasteiger partial charge in [-0.3, -0.25) is 0 Å². The van der Waals surface area contributed by atoms with Crippen LogP contribution >= 0.6 is 11.8 Å². The molecule has 2 fully saturated rings. The first kappa shape index (κ1) is 13.6. The first-order chi connectivity index (χ1) is 8.18. The van der Waals surface area contributed by atoms with E-state index in [9.17, 15) is 8.42 Å². The van der Waals surface area contributed by atoms with Crippen molar-refractivity contribution in [2.24, 2.45) is 0 Å². The van der Waals surface area contributed by atoms with Gasteiger partial charge in [0.15, 0.2) is 0 Å². The summed E-state index contributed by atoms with van der Waals surface area (Å²) in [7, 11) is -3.11. The second-order valence-electron chi connectivity index (χ2n) is 4.85. The van der Waals surface area contributed by atoms with E-state index in [1.165, 1.54) is 18.6 Å². The lowest BCUT2D eigenvalue weighted by atomic mass is 10.2. The molecule has 2 aliphatic rings. The molecule has 2 aliphatic heterocycles. The topological polar surface area (TPSA) is 58.2 Å². The first-order valence-electron chi connectivity index (χ1n) is 6.49. The highest BCUT2D eigenvalue weighted by Gasteiger charge is 2.27. The molecule has 6 heteroatoms. The van der Waals surface area contributed by atoms with Gasteiger partial charge in [0, 0.05) is 18.3 Å². The van der Waals surface area contributed by atoms with E-state index in [0.29, 0.717) is 18.3 Å². The van der Waals surface area contributed by atoms with Crippen molar-refractivity contribution in [3.05, 3.63) is 0 Å². The molecule has 0 radical (unpaired) electrons. The van der Waals surface area contributed by atoms with Gasteiger partial charge in [-0.15, -0.1) is 0 Å². The van der Waals surface area contributed by atoms with Crippen LogP contribution in [0.5, 0.6) is 0 Å². The zero-order valence-corrected chi connectivity index (χ0v) is 11.8. The smallest absolute Gasteiger partial charge is 0.215 e. The van der Waals surface area contributed by atoms with Crippen LogP contribution in [0.2, 0.25) is 0 Å². The fourth-order valence-electron chi connectivity index (χ4n) is 2.38. The highest BCUT2D eigenvalue weighted by atomic mass is 32.2. The molecule has 2 heterocycles. The van der Waals surface area contributed by atoms with Gasteiger partial charge in [0.25, 0.3) is 0 Å². The highest BCUT2D eigenvalue weighted by molar-refractivity contribution is 8.00. The van der Waals surface area contributed by atoms with Gasteiger partial charge >= 0.3 is 0 Å². The van der Waals surface area contributed by atoms with Crippen molar-refractivity contribution in [3.8, 4) is 0 Å². The zero-order chi connectivity index (χ0) is 12.1. The molecule has 0 saturated carbocycles. The third kappa shape index (κ3) is 4.12. The lowest BCUT2D eigenvalue weighted by molar-refractivity contribution is 0.489. The highest BCUT2D eigenvalue weighted by Crippen LogP contribution is 2.24. The largest absolute Gasteiger partial charge is 0.315 e. The average molecular weight is 278 g/mol. The maximum atomic E-state index is 12.1. The molecular weight excluding hydrogens is 256 g/mol. The summed E-state index contributed by atoms with van der Waals surface area (Å²) in [6.07, 6.45) is 5.42. The van der Waals surface area contributed by atoms with E-state index in [-0.39, 0.29) is 5.25 Å². The lowest BCUT2D eigenvalue weighted by Gasteiger charge is -2.25. The van der Waals surface area contributed by atoms with Crippen molar-refractivity contribution in [1.29, 1.82) is 0 Å². The van der Waals surface area contributed by atoms with Crippen LogP contribution in [0.1, 0.15) is 32.1 Å². The molecule has 0 aromatic rings. The van der Waals surface area contributed by atoms with Gasteiger partial charge in [-0.2, -0.15) is 11.8 Å². The lowest BCUT2D eigenvalue weighted by Crippen LogP contribution is -2.45. The van der Waals surface area contributed by atoms with E-state index in [2.05, 4.69) is 10.0 Å². The summed E-state index contributed by atoms with van der Waals surface area (Å²) < 4.78 is 26.9. The third-order valence-corrected chi connectivity index (χ3v) is 6.72. The number of sulfonamides is 1. The maximum absolute atomic E-state index is 12.1. The zero-order valence-electron chi connectivity index (χ0n) is 10.2. The Labute approximate surface area is 108 Å². The predicted octanol–water partition coefficient (Wildman–Crippen LogP) is 0.943. The Hall–Kier alpha value is 0.220. The van der Waals surface area contributed by atoms with Crippen LogP contribution in [0, 0.1) is 0 Å². The molecule has 4 nitrogen and oxygen atoms in total. The molecule has 2 atom stereocenters.